The molecule has 0 saturated heterocycles. The molecule has 7 nitrogen and oxygen atoms in total. The molecule has 0 aliphatic rings. The van der Waals surface area contributed by atoms with Crippen molar-refractivity contribution in [3.63, 3.8) is 0 Å². The molecule has 0 unspecified atom stereocenters. The van der Waals surface area contributed by atoms with E-state index in [4.69, 9.17) is 11.6 Å². The van der Waals surface area contributed by atoms with E-state index in [1.165, 1.54) is 32.3 Å². The Morgan fingerprint density at radius 2 is 1.88 bits per heavy atom. The Morgan fingerprint density at radius 1 is 1.24 bits per heavy atom. The fourth-order valence-corrected chi connectivity index (χ4v) is 3.78. The first kappa shape index (κ1) is 19.2. The number of hydrogen-bond acceptors (Lipinski definition) is 5. The van der Waals surface area contributed by atoms with Crippen LogP contribution in [0.4, 0.5) is 11.4 Å². The van der Waals surface area contributed by atoms with Gasteiger partial charge in [0.15, 0.2) is 0 Å². The van der Waals surface area contributed by atoms with E-state index in [-0.39, 0.29) is 22.2 Å². The molecule has 0 bridgehead atoms. The van der Waals surface area contributed by atoms with E-state index >= 15 is 0 Å². The van der Waals surface area contributed by atoms with Crippen LogP contribution in [0.5, 0.6) is 0 Å². The molecule has 9 heteroatoms. The average Bonchev–Trinajstić information content (AvgIpc) is 2.53. The van der Waals surface area contributed by atoms with Gasteiger partial charge in [0.1, 0.15) is 0 Å². The van der Waals surface area contributed by atoms with Gasteiger partial charge in [-0.1, -0.05) is 29.8 Å². The third kappa shape index (κ3) is 4.09. The maximum Gasteiger partial charge on any atom is 0.271 e. The Bertz CT molecular complexity index is 890. The summed E-state index contributed by atoms with van der Waals surface area (Å²) in [4.78, 5) is 10.6. The van der Waals surface area contributed by atoms with Crippen LogP contribution < -0.4 is 5.32 Å². The number of nitrogens with one attached hydrogen (secondary N) is 1. The van der Waals surface area contributed by atoms with Crippen molar-refractivity contribution in [3.8, 4) is 0 Å². The topological polar surface area (TPSA) is 92.5 Å². The Kier molecular flexibility index (Phi) is 5.66. The molecule has 1 N–H and O–H groups in total. The summed E-state index contributed by atoms with van der Waals surface area (Å²) in [7, 11) is -0.641. The first-order valence-corrected chi connectivity index (χ1v) is 9.15. The van der Waals surface area contributed by atoms with Crippen molar-refractivity contribution in [3.05, 3.63) is 62.7 Å². The van der Waals surface area contributed by atoms with E-state index in [2.05, 4.69) is 5.32 Å². The van der Waals surface area contributed by atoms with Crippen molar-refractivity contribution in [2.75, 3.05) is 19.4 Å². The molecule has 0 aromatic heterocycles. The summed E-state index contributed by atoms with van der Waals surface area (Å²) < 4.78 is 26.0. The van der Waals surface area contributed by atoms with Crippen molar-refractivity contribution in [1.82, 2.24) is 4.31 Å². The highest BCUT2D eigenvalue weighted by Crippen LogP contribution is 2.31. The standard InChI is InChI=1S/C16H18ClN3O4S/c1-11-8-13(20(21)22)9-14(17)16(11)18-10-12-6-4-5-7-15(12)25(23,24)19(2)3/h4-9,18H,10H2,1-3H3. The lowest BCUT2D eigenvalue weighted by Crippen LogP contribution is -2.23. The molecule has 0 aliphatic heterocycles. The Balaban J connectivity index is 2.34. The summed E-state index contributed by atoms with van der Waals surface area (Å²) in [5, 5.41) is 14.2. The zero-order chi connectivity index (χ0) is 18.8. The largest absolute Gasteiger partial charge is 0.379 e. The SMILES string of the molecule is Cc1cc([N+](=O)[O-])cc(Cl)c1NCc1ccccc1S(=O)(=O)N(C)C. The van der Waals surface area contributed by atoms with Gasteiger partial charge in [-0.2, -0.15) is 0 Å². The molecule has 0 heterocycles. The van der Waals surface area contributed by atoms with Crippen molar-refractivity contribution >= 4 is 33.0 Å². The van der Waals surface area contributed by atoms with E-state index in [0.29, 0.717) is 16.8 Å². The molecule has 2 aromatic rings. The number of nitrogens with zero attached hydrogens (tertiary/aromatic N) is 2. The van der Waals surface area contributed by atoms with Crippen molar-refractivity contribution in [2.24, 2.45) is 0 Å². The number of nitro benzene ring substituents is 1. The highest BCUT2D eigenvalue weighted by molar-refractivity contribution is 7.89. The summed E-state index contributed by atoms with van der Waals surface area (Å²) in [5.41, 5.74) is 1.62. The molecule has 25 heavy (non-hydrogen) atoms. The number of halogens is 1. The van der Waals surface area contributed by atoms with E-state index in [0.717, 1.165) is 4.31 Å². The Hall–Kier alpha value is -2.16. The second kappa shape index (κ2) is 7.38. The van der Waals surface area contributed by atoms with Crippen LogP contribution in [0.25, 0.3) is 0 Å². The summed E-state index contributed by atoms with van der Waals surface area (Å²) in [6.45, 7) is 1.91. The van der Waals surface area contributed by atoms with E-state index in [1.807, 2.05) is 0 Å². The maximum atomic E-state index is 12.4. The number of aryl methyl sites for hydroxylation is 1. The highest BCUT2D eigenvalue weighted by Gasteiger charge is 2.21. The molecule has 0 saturated carbocycles. The zero-order valence-corrected chi connectivity index (χ0v) is 15.6. The molecule has 0 aliphatic carbocycles. The maximum absolute atomic E-state index is 12.4. The smallest absolute Gasteiger partial charge is 0.271 e. The molecular weight excluding hydrogens is 366 g/mol. The van der Waals surface area contributed by atoms with E-state index < -0.39 is 14.9 Å². The van der Waals surface area contributed by atoms with Gasteiger partial charge in [0.25, 0.3) is 5.69 Å². The van der Waals surface area contributed by atoms with Crippen LogP contribution in [0.3, 0.4) is 0 Å². The number of benzene rings is 2. The lowest BCUT2D eigenvalue weighted by molar-refractivity contribution is -0.384. The van der Waals surface area contributed by atoms with Gasteiger partial charge < -0.3 is 5.32 Å². The molecule has 2 aromatic carbocycles. The van der Waals surface area contributed by atoms with Gasteiger partial charge in [0, 0.05) is 32.8 Å². The second-order valence-electron chi connectivity index (χ2n) is 5.63. The first-order chi connectivity index (χ1) is 11.6. The Morgan fingerprint density at radius 3 is 2.44 bits per heavy atom. The second-order valence-corrected chi connectivity index (χ2v) is 8.15. The summed E-state index contributed by atoms with van der Waals surface area (Å²) in [5.74, 6) is 0. The molecular formula is C16H18ClN3O4S. The van der Waals surface area contributed by atoms with Gasteiger partial charge in [-0.15, -0.1) is 0 Å². The van der Waals surface area contributed by atoms with Crippen LogP contribution in [0.15, 0.2) is 41.3 Å². The molecule has 0 radical (unpaired) electrons. The molecule has 0 atom stereocenters. The third-order valence-corrected chi connectivity index (χ3v) is 5.88. The molecule has 134 valence electrons. The van der Waals surface area contributed by atoms with Crippen LogP contribution in [-0.2, 0) is 16.6 Å². The predicted octanol–water partition coefficient (Wildman–Crippen LogP) is 3.42. The number of nitro groups is 1. The molecule has 2 rings (SSSR count). The molecule has 0 spiro atoms. The summed E-state index contributed by atoms with van der Waals surface area (Å²) in [6.07, 6.45) is 0. The minimum absolute atomic E-state index is 0.0939. The van der Waals surface area contributed by atoms with Crippen molar-refractivity contribution in [2.45, 2.75) is 18.4 Å². The Labute approximate surface area is 151 Å². The van der Waals surface area contributed by atoms with Gasteiger partial charge in [-0.3, -0.25) is 10.1 Å². The normalized spacial score (nSPS) is 11.6. The number of non-ortho nitro benzene ring substituents is 1. The van der Waals surface area contributed by atoms with Crippen LogP contribution in [0.2, 0.25) is 5.02 Å². The van der Waals surface area contributed by atoms with Crippen LogP contribution >= 0.6 is 11.6 Å². The molecule has 0 fully saturated rings. The van der Waals surface area contributed by atoms with Crippen LogP contribution in [-0.4, -0.2) is 31.7 Å². The minimum Gasteiger partial charge on any atom is -0.379 e. The van der Waals surface area contributed by atoms with Gasteiger partial charge in [-0.25, -0.2) is 12.7 Å². The number of hydrogen-bond donors (Lipinski definition) is 1. The summed E-state index contributed by atoms with van der Waals surface area (Å²) in [6, 6.07) is 9.32. The van der Waals surface area contributed by atoms with Crippen LogP contribution in [0, 0.1) is 17.0 Å². The van der Waals surface area contributed by atoms with Gasteiger partial charge in [0.05, 0.1) is 20.5 Å². The van der Waals surface area contributed by atoms with E-state index in [1.54, 1.807) is 25.1 Å². The van der Waals surface area contributed by atoms with Gasteiger partial charge in [0.2, 0.25) is 10.0 Å². The monoisotopic (exact) mass is 383 g/mol. The summed E-state index contributed by atoms with van der Waals surface area (Å²) >= 11 is 6.13. The van der Waals surface area contributed by atoms with Gasteiger partial charge >= 0.3 is 0 Å². The number of rotatable bonds is 6. The minimum atomic E-state index is -3.58. The number of sulfonamides is 1. The lowest BCUT2D eigenvalue weighted by Gasteiger charge is -2.17. The van der Waals surface area contributed by atoms with E-state index in [9.17, 15) is 18.5 Å². The first-order valence-electron chi connectivity index (χ1n) is 7.33. The fraction of sp³-hybridized carbons (Fsp3) is 0.250. The lowest BCUT2D eigenvalue weighted by atomic mass is 10.1. The predicted molar refractivity (Wildman–Crippen MR) is 97.5 cm³/mol. The number of anilines is 1. The van der Waals surface area contributed by atoms with Gasteiger partial charge in [-0.05, 0) is 24.1 Å². The van der Waals surface area contributed by atoms with Crippen molar-refractivity contribution in [1.29, 1.82) is 0 Å². The third-order valence-electron chi connectivity index (χ3n) is 3.67. The molecule has 0 amide bonds. The van der Waals surface area contributed by atoms with Crippen LogP contribution in [0.1, 0.15) is 11.1 Å². The average molecular weight is 384 g/mol. The quantitative estimate of drug-likeness (QED) is 0.609. The zero-order valence-electron chi connectivity index (χ0n) is 14.0. The van der Waals surface area contributed by atoms with Crippen molar-refractivity contribution < 1.29 is 13.3 Å². The fourth-order valence-electron chi connectivity index (χ4n) is 2.34. The highest BCUT2D eigenvalue weighted by atomic mass is 35.5.